The molecule has 1 atom stereocenters. The number of H-pyrrole nitrogens is 1. The summed E-state index contributed by atoms with van der Waals surface area (Å²) in [5.74, 6) is -0.455. The summed E-state index contributed by atoms with van der Waals surface area (Å²) in [4.78, 5) is 30.8. The van der Waals surface area contributed by atoms with Crippen LogP contribution in [0, 0.1) is 0 Å². The molecule has 0 fully saturated rings. The molecule has 0 saturated heterocycles. The van der Waals surface area contributed by atoms with Crippen LogP contribution in [-0.2, 0) is 4.79 Å². The van der Waals surface area contributed by atoms with E-state index in [0.29, 0.717) is 12.1 Å². The average molecular weight is 274 g/mol. The number of nitrogens with one attached hydrogen (secondary N) is 3. The molecule has 0 aliphatic carbocycles. The van der Waals surface area contributed by atoms with Crippen LogP contribution in [0.1, 0.15) is 30.6 Å². The molecule has 2 aromatic rings. The first-order chi connectivity index (χ1) is 9.61. The molecule has 1 aromatic carbocycles. The van der Waals surface area contributed by atoms with Gasteiger partial charge < -0.3 is 15.6 Å². The summed E-state index contributed by atoms with van der Waals surface area (Å²) in [5, 5.41) is 5.42. The topological polar surface area (TPSA) is 86.9 Å². The lowest BCUT2D eigenvalue weighted by atomic mass is 10.1. The minimum atomic E-state index is -0.563. The van der Waals surface area contributed by atoms with Gasteiger partial charge in [-0.2, -0.15) is 0 Å². The Morgan fingerprint density at radius 2 is 2.20 bits per heavy atom. The Bertz CT molecular complexity index is 620. The Kier molecular flexibility index (Phi) is 4.34. The van der Waals surface area contributed by atoms with Gasteiger partial charge in [0, 0.05) is 12.1 Å². The molecule has 0 saturated carbocycles. The van der Waals surface area contributed by atoms with Crippen LogP contribution in [0.3, 0.4) is 0 Å². The first-order valence-corrected chi connectivity index (χ1v) is 6.63. The van der Waals surface area contributed by atoms with Gasteiger partial charge in [-0.1, -0.05) is 6.92 Å². The Morgan fingerprint density at radius 3 is 2.95 bits per heavy atom. The number of hydrogen-bond donors (Lipinski definition) is 3. The third-order valence-corrected chi connectivity index (χ3v) is 2.97. The number of nitrogens with zero attached hydrogens (tertiary/aromatic N) is 1. The van der Waals surface area contributed by atoms with E-state index in [4.69, 9.17) is 0 Å². The van der Waals surface area contributed by atoms with Crippen LogP contribution in [0.4, 0.5) is 0 Å². The molecule has 106 valence electrons. The zero-order valence-corrected chi connectivity index (χ0v) is 11.6. The quantitative estimate of drug-likeness (QED) is 0.766. The molecule has 3 N–H and O–H groups in total. The number of imidazole rings is 1. The van der Waals surface area contributed by atoms with Crippen molar-refractivity contribution in [2.24, 2.45) is 0 Å². The van der Waals surface area contributed by atoms with E-state index in [-0.39, 0.29) is 11.8 Å². The van der Waals surface area contributed by atoms with Crippen molar-refractivity contribution in [3.8, 4) is 0 Å². The molecule has 6 heteroatoms. The fraction of sp³-hybridized carbons (Fsp3) is 0.357. The number of benzene rings is 1. The smallest absolute Gasteiger partial charge is 0.251 e. The van der Waals surface area contributed by atoms with Crippen molar-refractivity contribution in [2.75, 3.05) is 6.54 Å². The molecule has 6 nitrogen and oxygen atoms in total. The number of amides is 2. The molecule has 1 heterocycles. The summed E-state index contributed by atoms with van der Waals surface area (Å²) in [5.41, 5.74) is 2.09. The highest BCUT2D eigenvalue weighted by Gasteiger charge is 2.16. The van der Waals surface area contributed by atoms with Crippen LogP contribution in [0.2, 0.25) is 0 Å². The number of rotatable bonds is 5. The third-order valence-electron chi connectivity index (χ3n) is 2.97. The first kappa shape index (κ1) is 14.0. The van der Waals surface area contributed by atoms with Gasteiger partial charge in [0.05, 0.1) is 17.4 Å². The lowest BCUT2D eigenvalue weighted by Crippen LogP contribution is -2.45. The van der Waals surface area contributed by atoms with Crippen molar-refractivity contribution in [1.29, 1.82) is 0 Å². The molecule has 20 heavy (non-hydrogen) atoms. The molecular formula is C14H18N4O2. The van der Waals surface area contributed by atoms with Crippen LogP contribution in [0.5, 0.6) is 0 Å². The first-order valence-electron chi connectivity index (χ1n) is 6.63. The van der Waals surface area contributed by atoms with Crippen LogP contribution in [0.15, 0.2) is 24.5 Å². The van der Waals surface area contributed by atoms with Crippen molar-refractivity contribution in [1.82, 2.24) is 20.6 Å². The zero-order chi connectivity index (χ0) is 14.5. The highest BCUT2D eigenvalue weighted by Crippen LogP contribution is 2.11. The molecule has 0 radical (unpaired) electrons. The lowest BCUT2D eigenvalue weighted by molar-refractivity contribution is -0.122. The number of aromatic nitrogens is 2. The lowest BCUT2D eigenvalue weighted by Gasteiger charge is -2.13. The molecule has 1 aromatic heterocycles. The Hall–Kier alpha value is -2.37. The maximum absolute atomic E-state index is 12.1. The van der Waals surface area contributed by atoms with E-state index in [0.717, 1.165) is 17.5 Å². The van der Waals surface area contributed by atoms with Gasteiger partial charge in [-0.15, -0.1) is 0 Å². The number of fused-ring (bicyclic) bond motifs is 1. The minimum absolute atomic E-state index is 0.178. The fourth-order valence-corrected chi connectivity index (χ4v) is 1.82. The highest BCUT2D eigenvalue weighted by molar-refractivity contribution is 5.99. The van der Waals surface area contributed by atoms with Crippen molar-refractivity contribution >= 4 is 22.8 Å². The van der Waals surface area contributed by atoms with E-state index in [1.807, 2.05) is 6.92 Å². The van der Waals surface area contributed by atoms with Gasteiger partial charge in [-0.05, 0) is 31.5 Å². The molecular weight excluding hydrogens is 256 g/mol. The SMILES string of the molecule is CCCNC(=O)C(C)NC(=O)c1ccc2nc[nH]c2c1. The summed E-state index contributed by atoms with van der Waals surface area (Å²) in [7, 11) is 0. The van der Waals surface area contributed by atoms with Gasteiger partial charge >= 0.3 is 0 Å². The van der Waals surface area contributed by atoms with Gasteiger partial charge in [0.25, 0.3) is 5.91 Å². The number of aromatic amines is 1. The van der Waals surface area contributed by atoms with Gasteiger partial charge in [0.1, 0.15) is 6.04 Å². The van der Waals surface area contributed by atoms with Gasteiger partial charge in [0.2, 0.25) is 5.91 Å². The van der Waals surface area contributed by atoms with E-state index < -0.39 is 6.04 Å². The van der Waals surface area contributed by atoms with Crippen LogP contribution in [0.25, 0.3) is 11.0 Å². The third kappa shape index (κ3) is 3.14. The Balaban J connectivity index is 2.01. The summed E-state index contributed by atoms with van der Waals surface area (Å²) in [6.07, 6.45) is 2.44. The monoisotopic (exact) mass is 274 g/mol. The van der Waals surface area contributed by atoms with Crippen LogP contribution in [-0.4, -0.2) is 34.4 Å². The fourth-order valence-electron chi connectivity index (χ4n) is 1.82. The Morgan fingerprint density at radius 1 is 1.40 bits per heavy atom. The second-order valence-electron chi connectivity index (χ2n) is 4.62. The van der Waals surface area contributed by atoms with Crippen molar-refractivity contribution in [2.45, 2.75) is 26.3 Å². The summed E-state index contributed by atoms with van der Waals surface area (Å²) in [6, 6.07) is 4.61. The van der Waals surface area contributed by atoms with Crippen LogP contribution < -0.4 is 10.6 Å². The maximum Gasteiger partial charge on any atom is 0.251 e. The van der Waals surface area contributed by atoms with E-state index in [1.54, 1.807) is 31.5 Å². The van der Waals surface area contributed by atoms with Crippen molar-refractivity contribution in [3.63, 3.8) is 0 Å². The normalized spacial score (nSPS) is 12.1. The Labute approximate surface area is 117 Å². The second-order valence-corrected chi connectivity index (χ2v) is 4.62. The molecule has 0 bridgehead atoms. The van der Waals surface area contributed by atoms with Gasteiger partial charge in [-0.3, -0.25) is 9.59 Å². The standard InChI is InChI=1S/C14H18N4O2/c1-3-6-15-13(19)9(2)18-14(20)10-4-5-11-12(7-10)17-8-16-11/h4-5,7-9H,3,6H2,1-2H3,(H,15,19)(H,16,17)(H,18,20). The molecule has 2 amide bonds. The average Bonchev–Trinajstić information content (AvgIpc) is 2.91. The predicted octanol–water partition coefficient (Wildman–Crippen LogP) is 1.21. The van der Waals surface area contributed by atoms with Crippen molar-refractivity contribution in [3.05, 3.63) is 30.1 Å². The number of carbonyl (C=O) groups is 2. The van der Waals surface area contributed by atoms with E-state index in [1.165, 1.54) is 0 Å². The highest BCUT2D eigenvalue weighted by atomic mass is 16.2. The summed E-state index contributed by atoms with van der Waals surface area (Å²) < 4.78 is 0. The van der Waals surface area contributed by atoms with E-state index >= 15 is 0 Å². The van der Waals surface area contributed by atoms with Gasteiger partial charge in [0.15, 0.2) is 0 Å². The maximum atomic E-state index is 12.1. The van der Waals surface area contributed by atoms with Crippen LogP contribution >= 0.6 is 0 Å². The van der Waals surface area contributed by atoms with E-state index in [9.17, 15) is 9.59 Å². The predicted molar refractivity (Wildman–Crippen MR) is 76.3 cm³/mol. The summed E-state index contributed by atoms with van der Waals surface area (Å²) >= 11 is 0. The molecule has 0 aliphatic rings. The molecule has 1 unspecified atom stereocenters. The second kappa shape index (κ2) is 6.18. The molecule has 0 aliphatic heterocycles. The molecule has 0 spiro atoms. The number of carbonyl (C=O) groups excluding carboxylic acids is 2. The zero-order valence-electron chi connectivity index (χ0n) is 11.6. The minimum Gasteiger partial charge on any atom is -0.354 e. The largest absolute Gasteiger partial charge is 0.354 e. The summed E-state index contributed by atoms with van der Waals surface area (Å²) in [6.45, 7) is 4.25. The van der Waals surface area contributed by atoms with E-state index in [2.05, 4.69) is 20.6 Å². The number of hydrogen-bond acceptors (Lipinski definition) is 3. The van der Waals surface area contributed by atoms with Gasteiger partial charge in [-0.25, -0.2) is 4.98 Å². The van der Waals surface area contributed by atoms with Crippen molar-refractivity contribution < 1.29 is 9.59 Å². The molecule has 2 rings (SSSR count).